The van der Waals surface area contributed by atoms with Gasteiger partial charge in [-0.2, -0.15) is 0 Å². The summed E-state index contributed by atoms with van der Waals surface area (Å²) in [4.78, 5) is 0. The van der Waals surface area contributed by atoms with Crippen LogP contribution < -0.4 is 0 Å². The van der Waals surface area contributed by atoms with Crippen molar-refractivity contribution < 1.29 is 9.84 Å². The van der Waals surface area contributed by atoms with E-state index in [1.165, 1.54) is 0 Å². The Morgan fingerprint density at radius 1 is 1.35 bits per heavy atom. The molecule has 0 saturated heterocycles. The van der Waals surface area contributed by atoms with Gasteiger partial charge in [0, 0.05) is 13.5 Å². The van der Waals surface area contributed by atoms with Crippen LogP contribution in [-0.4, -0.2) is 33.3 Å². The molecule has 0 amide bonds. The molecule has 0 bridgehead atoms. The Bertz CT molecular complexity index is 570. The Labute approximate surface area is 118 Å². The van der Waals surface area contributed by atoms with Crippen molar-refractivity contribution in [2.45, 2.75) is 37.4 Å². The Balaban J connectivity index is 1.97. The van der Waals surface area contributed by atoms with Gasteiger partial charge < -0.3 is 9.84 Å². The fourth-order valence-electron chi connectivity index (χ4n) is 2.95. The lowest BCUT2D eigenvalue weighted by Gasteiger charge is -2.36. The van der Waals surface area contributed by atoms with E-state index in [0.29, 0.717) is 12.8 Å². The van der Waals surface area contributed by atoms with Crippen molar-refractivity contribution in [1.29, 1.82) is 0 Å². The van der Waals surface area contributed by atoms with Gasteiger partial charge in [-0.25, -0.2) is 4.68 Å². The first-order valence-corrected chi connectivity index (χ1v) is 6.95. The predicted molar refractivity (Wildman–Crippen MR) is 74.5 cm³/mol. The molecule has 5 nitrogen and oxygen atoms in total. The van der Waals surface area contributed by atoms with Crippen LogP contribution in [0.2, 0.25) is 0 Å². The van der Waals surface area contributed by atoms with E-state index in [1.807, 2.05) is 30.3 Å². The predicted octanol–water partition coefficient (Wildman–Crippen LogP) is 2.04. The van der Waals surface area contributed by atoms with E-state index in [-0.39, 0.29) is 6.10 Å². The van der Waals surface area contributed by atoms with Crippen molar-refractivity contribution in [3.05, 3.63) is 42.2 Å². The largest absolute Gasteiger partial charge is 0.383 e. The minimum absolute atomic E-state index is 0.0906. The van der Waals surface area contributed by atoms with Crippen LogP contribution in [0.15, 0.2) is 36.5 Å². The molecule has 1 N–H and O–H groups in total. The highest BCUT2D eigenvalue weighted by atomic mass is 16.5. The van der Waals surface area contributed by atoms with Crippen LogP contribution in [0.5, 0.6) is 0 Å². The highest BCUT2D eigenvalue weighted by molar-refractivity contribution is 5.33. The lowest BCUT2D eigenvalue weighted by atomic mass is 9.81. The molecule has 5 heteroatoms. The van der Waals surface area contributed by atoms with Crippen molar-refractivity contribution in [3.63, 3.8) is 0 Å². The second-order valence-corrected chi connectivity index (χ2v) is 5.35. The van der Waals surface area contributed by atoms with E-state index in [2.05, 4.69) is 10.3 Å². The highest BCUT2D eigenvalue weighted by Gasteiger charge is 2.39. The Hall–Kier alpha value is -1.72. The van der Waals surface area contributed by atoms with Gasteiger partial charge >= 0.3 is 0 Å². The number of rotatable bonds is 3. The van der Waals surface area contributed by atoms with Gasteiger partial charge in [0.25, 0.3) is 0 Å². The van der Waals surface area contributed by atoms with Crippen LogP contribution >= 0.6 is 0 Å². The van der Waals surface area contributed by atoms with Crippen LogP contribution in [0.1, 0.15) is 31.4 Å². The number of benzene rings is 1. The van der Waals surface area contributed by atoms with E-state index in [9.17, 15) is 5.11 Å². The Morgan fingerprint density at radius 2 is 2.15 bits per heavy atom. The van der Waals surface area contributed by atoms with Crippen LogP contribution in [0.3, 0.4) is 0 Å². The number of para-hydroxylation sites is 1. The van der Waals surface area contributed by atoms with Crippen LogP contribution in [0.25, 0.3) is 5.69 Å². The third kappa shape index (κ3) is 2.34. The molecule has 2 atom stereocenters. The van der Waals surface area contributed by atoms with Gasteiger partial charge in [-0.1, -0.05) is 23.4 Å². The number of hydrogen-bond acceptors (Lipinski definition) is 4. The first kappa shape index (κ1) is 13.3. The molecule has 0 aliphatic heterocycles. The molecular formula is C15H19N3O2. The summed E-state index contributed by atoms with van der Waals surface area (Å²) >= 11 is 0. The number of aromatic nitrogens is 3. The second-order valence-electron chi connectivity index (χ2n) is 5.35. The third-order valence-corrected chi connectivity index (χ3v) is 4.04. The van der Waals surface area contributed by atoms with Gasteiger partial charge in [0.15, 0.2) is 0 Å². The van der Waals surface area contributed by atoms with Crippen molar-refractivity contribution in [1.82, 2.24) is 15.0 Å². The third-order valence-electron chi connectivity index (χ3n) is 4.04. The lowest BCUT2D eigenvalue weighted by Crippen LogP contribution is -2.37. The second kappa shape index (κ2) is 5.34. The maximum absolute atomic E-state index is 11.0. The van der Waals surface area contributed by atoms with E-state index in [1.54, 1.807) is 18.0 Å². The normalized spacial score (nSPS) is 26.6. The van der Waals surface area contributed by atoms with Crippen molar-refractivity contribution in [2.75, 3.05) is 7.11 Å². The van der Waals surface area contributed by atoms with E-state index >= 15 is 0 Å². The number of methoxy groups -OCH3 is 1. The SMILES string of the molecule is COC1CCCC(O)(c2cnnn2-c2ccccc2)C1. The average molecular weight is 273 g/mol. The standard InChI is InChI=1S/C15H19N3O2/c1-20-13-8-5-9-15(19,10-13)14-11-16-17-18(14)12-6-3-2-4-7-12/h2-4,6-7,11,13,19H,5,8-10H2,1H3. The summed E-state index contributed by atoms with van der Waals surface area (Å²) in [6.45, 7) is 0. The highest BCUT2D eigenvalue weighted by Crippen LogP contribution is 2.38. The molecule has 1 heterocycles. The smallest absolute Gasteiger partial charge is 0.111 e. The zero-order valence-electron chi connectivity index (χ0n) is 11.6. The van der Waals surface area contributed by atoms with Crippen LogP contribution in [0.4, 0.5) is 0 Å². The fourth-order valence-corrected chi connectivity index (χ4v) is 2.95. The van der Waals surface area contributed by atoms with Gasteiger partial charge in [-0.15, -0.1) is 5.10 Å². The number of nitrogens with zero attached hydrogens (tertiary/aromatic N) is 3. The molecule has 2 aromatic rings. The van der Waals surface area contributed by atoms with Crippen LogP contribution in [0, 0.1) is 0 Å². The monoisotopic (exact) mass is 273 g/mol. The van der Waals surface area contributed by atoms with Crippen molar-refractivity contribution in [3.8, 4) is 5.69 Å². The average Bonchev–Trinajstić information content (AvgIpc) is 2.98. The Kier molecular flexibility index (Phi) is 3.54. The number of aliphatic hydroxyl groups is 1. The Morgan fingerprint density at radius 3 is 2.90 bits per heavy atom. The first-order valence-electron chi connectivity index (χ1n) is 6.95. The van der Waals surface area contributed by atoms with Crippen molar-refractivity contribution in [2.24, 2.45) is 0 Å². The molecule has 1 aliphatic carbocycles. The van der Waals surface area contributed by atoms with Gasteiger partial charge in [0.05, 0.1) is 23.7 Å². The van der Waals surface area contributed by atoms with E-state index < -0.39 is 5.60 Å². The summed E-state index contributed by atoms with van der Waals surface area (Å²) in [5.74, 6) is 0. The molecule has 1 aromatic heterocycles. The molecule has 0 spiro atoms. The molecule has 1 aliphatic rings. The van der Waals surface area contributed by atoms with Gasteiger partial charge in [0.2, 0.25) is 0 Å². The van der Waals surface area contributed by atoms with E-state index in [0.717, 1.165) is 24.2 Å². The number of ether oxygens (including phenoxy) is 1. The lowest BCUT2D eigenvalue weighted by molar-refractivity contribution is -0.0670. The summed E-state index contributed by atoms with van der Waals surface area (Å²) in [7, 11) is 1.70. The van der Waals surface area contributed by atoms with Gasteiger partial charge in [-0.3, -0.25) is 0 Å². The summed E-state index contributed by atoms with van der Waals surface area (Å²) in [5.41, 5.74) is 0.733. The minimum atomic E-state index is -0.918. The summed E-state index contributed by atoms with van der Waals surface area (Å²) in [5, 5.41) is 19.1. The summed E-state index contributed by atoms with van der Waals surface area (Å²) < 4.78 is 7.14. The van der Waals surface area contributed by atoms with Crippen molar-refractivity contribution >= 4 is 0 Å². The molecule has 0 radical (unpaired) electrons. The molecule has 1 aromatic carbocycles. The molecular weight excluding hydrogens is 254 g/mol. The minimum Gasteiger partial charge on any atom is -0.383 e. The maximum atomic E-state index is 11.0. The fraction of sp³-hybridized carbons (Fsp3) is 0.467. The van der Waals surface area contributed by atoms with Gasteiger partial charge in [0.1, 0.15) is 5.60 Å². The first-order chi connectivity index (χ1) is 9.73. The summed E-state index contributed by atoms with van der Waals surface area (Å²) in [6, 6.07) is 9.76. The van der Waals surface area contributed by atoms with Gasteiger partial charge in [-0.05, 0) is 31.4 Å². The molecule has 20 heavy (non-hydrogen) atoms. The molecule has 106 valence electrons. The van der Waals surface area contributed by atoms with Crippen LogP contribution in [-0.2, 0) is 10.3 Å². The summed E-state index contributed by atoms with van der Waals surface area (Å²) in [6.07, 6.45) is 4.98. The number of hydrogen-bond donors (Lipinski definition) is 1. The molecule has 1 saturated carbocycles. The zero-order chi connectivity index (χ0) is 14.0. The molecule has 2 unspecified atom stereocenters. The zero-order valence-corrected chi connectivity index (χ0v) is 11.6. The molecule has 3 rings (SSSR count). The topological polar surface area (TPSA) is 60.2 Å². The maximum Gasteiger partial charge on any atom is 0.111 e. The molecule has 1 fully saturated rings. The van der Waals surface area contributed by atoms with E-state index in [4.69, 9.17) is 4.74 Å². The quantitative estimate of drug-likeness (QED) is 0.929.